The third-order valence-corrected chi connectivity index (χ3v) is 19.5. The number of hydrogen-bond donors (Lipinski definition) is 4. The summed E-state index contributed by atoms with van der Waals surface area (Å²) >= 11 is 0. The zero-order valence-electron chi connectivity index (χ0n) is 44.5. The molecule has 5 aromatic rings. The van der Waals surface area contributed by atoms with Gasteiger partial charge in [-0.2, -0.15) is 0 Å². The molecule has 2 unspecified atom stereocenters. The minimum Gasteiger partial charge on any atom is -0.453 e. The van der Waals surface area contributed by atoms with Gasteiger partial charge in [-0.25, -0.2) is 19.6 Å². The Kier molecular flexibility index (Phi) is 13.1. The molecule has 394 valence electrons. The van der Waals surface area contributed by atoms with Gasteiger partial charge in [0.1, 0.15) is 23.7 Å². The van der Waals surface area contributed by atoms with Crippen LogP contribution in [0.5, 0.6) is 0 Å². The number of carbonyl (C=O) groups excluding carboxylic acids is 4. The Morgan fingerprint density at radius 2 is 1.27 bits per heavy atom. The smallest absolute Gasteiger partial charge is 0.407 e. The van der Waals surface area contributed by atoms with Crippen molar-refractivity contribution in [2.75, 3.05) is 14.2 Å². The SMILES string of the molecule is CC[C@@H]1C2CCC[C@H]3C[C@@H](c4nc5ccc(/C(C)=C6/C=C\[C@H](C)CCc7ccc(cc7-c7ccc8nc([C@@H]9C[C@@H]%10CCCC%11[C@@H](CC)[C@H](NC(=O)OC)C(=O)N9[C@@H]%11%10)[nH]c8c7)CC6)cc5[nH]4)N(C(=O)[C@H]1NC(=O)OC)[C@@H]23. The van der Waals surface area contributed by atoms with E-state index in [1.807, 2.05) is 0 Å². The topological polar surface area (TPSA) is 175 Å². The zero-order chi connectivity index (χ0) is 51.8. The number of aromatic amines is 2. The van der Waals surface area contributed by atoms with Crippen molar-refractivity contribution in [1.29, 1.82) is 0 Å². The molecule has 0 spiro atoms. The quantitative estimate of drug-likeness (QED) is 0.119. The predicted molar refractivity (Wildman–Crippen MR) is 289 cm³/mol. The maximum Gasteiger partial charge on any atom is 0.407 e. The van der Waals surface area contributed by atoms with Crippen molar-refractivity contribution in [2.45, 2.75) is 154 Å². The van der Waals surface area contributed by atoms with Gasteiger partial charge >= 0.3 is 12.2 Å². The molecule has 13 rings (SSSR count). The van der Waals surface area contributed by atoms with Gasteiger partial charge in [-0.1, -0.05) is 88.9 Å². The van der Waals surface area contributed by atoms with Crippen molar-refractivity contribution in [3.05, 3.63) is 101 Å². The van der Waals surface area contributed by atoms with Crippen molar-refractivity contribution < 1.29 is 28.7 Å². The van der Waals surface area contributed by atoms with E-state index in [2.05, 4.69) is 125 Å². The first kappa shape index (κ1) is 49.4. The van der Waals surface area contributed by atoms with Crippen LogP contribution in [0.3, 0.4) is 0 Å². The van der Waals surface area contributed by atoms with Crippen molar-refractivity contribution in [3.63, 3.8) is 0 Å². The van der Waals surface area contributed by atoms with Crippen LogP contribution < -0.4 is 10.6 Å². The third-order valence-electron chi connectivity index (χ3n) is 19.5. The van der Waals surface area contributed by atoms with E-state index in [-0.39, 0.29) is 47.8 Å². The van der Waals surface area contributed by atoms with Crippen LogP contribution >= 0.6 is 0 Å². The van der Waals surface area contributed by atoms with Gasteiger partial charge in [0.25, 0.3) is 0 Å². The van der Waals surface area contributed by atoms with E-state index in [4.69, 9.17) is 19.4 Å². The standard InChI is InChI=1S/C61H74N8O6/c1-7-41-43-13-9-11-39-30-50(68(54(39)43)58(70)52(41)66-60(72)74-5)56-62-46-25-23-37(28-48(46)64-56)33(4)35-19-15-32(3)16-20-36-22-18-34(17-21-35)27-45(36)38-24-26-47-49(29-38)65-57(63-47)51-31-40-12-10-14-44-42(8-2)53(67-61(73)75-6)59(71)69(51)55(40)44/h15,18-19,22-29,32,39-44,50-55H,7-14,16-17,20-21,30-31H2,1-6H3,(H,62,64)(H,63,65)(H,66,72)(H,67,73)/b19-15-,35-33-/t32-,39-,40-,41+,42+,43?,44?,50-,51-,52-,53-,54+,55+/m0/s1. The number of piperidine rings is 2. The average molecular weight is 1020 g/mol. The monoisotopic (exact) mass is 1010 g/mol. The molecule has 13 atom stereocenters. The molecule has 2 aromatic heterocycles. The minimum absolute atomic E-state index is 0.0162. The normalized spacial score (nSPS) is 32.4. The van der Waals surface area contributed by atoms with Crippen LogP contribution in [0.25, 0.3) is 38.8 Å². The number of fused-ring (bicyclic) bond motifs is 10. The summed E-state index contributed by atoms with van der Waals surface area (Å²) in [7, 11) is 2.71. The highest BCUT2D eigenvalue weighted by molar-refractivity contribution is 5.90. The highest BCUT2D eigenvalue weighted by atomic mass is 16.5. The molecule has 4 saturated heterocycles. The molecule has 2 bridgehead atoms. The number of amides is 4. The fraction of sp³-hybridized carbons (Fsp3) is 0.541. The van der Waals surface area contributed by atoms with E-state index < -0.39 is 24.3 Å². The van der Waals surface area contributed by atoms with Gasteiger partial charge in [0, 0.05) is 12.1 Å². The molecule has 6 heterocycles. The Morgan fingerprint density at radius 1 is 0.693 bits per heavy atom. The van der Waals surface area contributed by atoms with E-state index >= 15 is 0 Å². The number of alkyl carbamates (subject to hydrolysis) is 2. The van der Waals surface area contributed by atoms with Crippen LogP contribution in [0.2, 0.25) is 0 Å². The first-order chi connectivity index (χ1) is 36.4. The summed E-state index contributed by atoms with van der Waals surface area (Å²) in [6.07, 6.45) is 17.3. The number of benzene rings is 3. The molecule has 4 N–H and O–H groups in total. The molecule has 0 radical (unpaired) electrons. The molecule has 14 nitrogen and oxygen atoms in total. The van der Waals surface area contributed by atoms with Gasteiger partial charge in [0.05, 0.1) is 48.4 Å². The fourth-order valence-corrected chi connectivity index (χ4v) is 15.9. The Balaban J connectivity index is 0.803. The molecule has 75 heavy (non-hydrogen) atoms. The zero-order valence-corrected chi connectivity index (χ0v) is 44.5. The van der Waals surface area contributed by atoms with Crippen LogP contribution in [0.15, 0.2) is 72.3 Å². The highest BCUT2D eigenvalue weighted by Gasteiger charge is 2.60. The number of imidazole rings is 2. The van der Waals surface area contributed by atoms with E-state index in [1.54, 1.807) is 0 Å². The summed E-state index contributed by atoms with van der Waals surface area (Å²) < 4.78 is 9.99. The van der Waals surface area contributed by atoms with Crippen LogP contribution in [-0.4, -0.2) is 92.1 Å². The number of H-pyrrole nitrogens is 2. The van der Waals surface area contributed by atoms with Gasteiger partial charge in [-0.3, -0.25) is 9.59 Å². The number of hydrogen-bond acceptors (Lipinski definition) is 8. The third kappa shape index (κ3) is 8.62. The number of nitrogens with one attached hydrogen (secondary N) is 4. The largest absolute Gasteiger partial charge is 0.453 e. The van der Waals surface area contributed by atoms with E-state index in [0.717, 1.165) is 135 Å². The average Bonchev–Trinajstić information content (AvgIpc) is 4.25. The summed E-state index contributed by atoms with van der Waals surface area (Å²) in [6.45, 7) is 8.82. The summed E-state index contributed by atoms with van der Waals surface area (Å²) in [6, 6.07) is 18.9. The number of aryl methyl sites for hydroxylation is 2. The summed E-state index contributed by atoms with van der Waals surface area (Å²) in [5.41, 5.74) is 12.4. The van der Waals surface area contributed by atoms with Crippen molar-refractivity contribution >= 4 is 51.6 Å². The Labute approximate surface area is 440 Å². The lowest BCUT2D eigenvalue weighted by Gasteiger charge is -2.50. The molecule has 4 aliphatic heterocycles. The molecule has 3 aromatic carbocycles. The van der Waals surface area contributed by atoms with Crippen LogP contribution in [-0.2, 0) is 31.9 Å². The van der Waals surface area contributed by atoms with Gasteiger partial charge in [-0.15, -0.1) is 0 Å². The molecular formula is C61H74N8O6. The van der Waals surface area contributed by atoms with Crippen molar-refractivity contribution in [3.8, 4) is 11.1 Å². The molecule has 4 amide bonds. The van der Waals surface area contributed by atoms with Crippen molar-refractivity contribution in [2.24, 2.45) is 41.4 Å². The van der Waals surface area contributed by atoms with E-state index in [9.17, 15) is 19.2 Å². The van der Waals surface area contributed by atoms with Gasteiger partial charge in [0.15, 0.2) is 0 Å². The van der Waals surface area contributed by atoms with Crippen LogP contribution in [0.1, 0.15) is 145 Å². The Hall–Kier alpha value is -6.44. The Morgan fingerprint density at radius 3 is 1.84 bits per heavy atom. The summed E-state index contributed by atoms with van der Waals surface area (Å²) in [5, 5.41) is 5.88. The number of methoxy groups -OCH3 is 2. The Bertz CT molecular complexity index is 3120. The maximum absolute atomic E-state index is 14.5. The molecular weight excluding hydrogens is 941 g/mol. The molecule has 4 aliphatic carbocycles. The second kappa shape index (κ2) is 19.9. The first-order valence-electron chi connectivity index (χ1n) is 28.3. The second-order valence-corrected chi connectivity index (χ2v) is 23.3. The lowest BCUT2D eigenvalue weighted by Crippen LogP contribution is -2.64. The fourth-order valence-electron chi connectivity index (χ4n) is 15.9. The lowest BCUT2D eigenvalue weighted by molar-refractivity contribution is -0.149. The second-order valence-electron chi connectivity index (χ2n) is 23.3. The number of aromatic nitrogens is 4. The number of allylic oxidation sites excluding steroid dienone is 4. The molecule has 14 heteroatoms. The van der Waals surface area contributed by atoms with E-state index in [1.165, 1.54) is 42.1 Å². The number of ether oxygens (including phenoxy) is 2. The highest BCUT2D eigenvalue weighted by Crippen LogP contribution is 2.55. The number of carbonyl (C=O) groups is 4. The van der Waals surface area contributed by atoms with E-state index in [0.29, 0.717) is 29.6 Å². The summed E-state index contributed by atoms with van der Waals surface area (Å²) in [5.74, 6) is 3.64. The van der Waals surface area contributed by atoms with Gasteiger partial charge < -0.3 is 39.9 Å². The molecule has 2 saturated carbocycles. The first-order valence-corrected chi connectivity index (χ1v) is 28.3. The van der Waals surface area contributed by atoms with Gasteiger partial charge in [0.2, 0.25) is 11.8 Å². The number of nitrogens with zero attached hydrogens (tertiary/aromatic N) is 4. The maximum atomic E-state index is 14.5. The lowest BCUT2D eigenvalue weighted by atomic mass is 9.66. The minimum atomic E-state index is -0.608. The predicted octanol–water partition coefficient (Wildman–Crippen LogP) is 11.3. The van der Waals surface area contributed by atoms with Crippen molar-refractivity contribution in [1.82, 2.24) is 40.4 Å². The molecule has 8 aliphatic rings. The summed E-state index contributed by atoms with van der Waals surface area (Å²) in [4.78, 5) is 76.0. The number of rotatable bonds is 8. The van der Waals surface area contributed by atoms with Gasteiger partial charge in [-0.05, 0) is 176 Å². The molecule has 6 fully saturated rings. The van der Waals surface area contributed by atoms with Crippen LogP contribution in [0, 0.1) is 41.4 Å². The van der Waals surface area contributed by atoms with Crippen LogP contribution in [0.4, 0.5) is 9.59 Å².